The molecule has 84 valence electrons. The Labute approximate surface area is 93.9 Å². The third-order valence-electron chi connectivity index (χ3n) is 2.80. The van der Waals surface area contributed by atoms with Crippen molar-refractivity contribution in [2.24, 2.45) is 0 Å². The highest BCUT2D eigenvalue weighted by molar-refractivity contribution is 5.33. The SMILES string of the molecule is CCCc1nc(C)cc(CC)c1CCC. The number of hydrogen-bond donors (Lipinski definition) is 0. The standard InChI is InChI=1S/C14H23N/c1-5-8-13-12(7-3)10-11(4)15-14(13)9-6-2/h10H,5-9H2,1-4H3. The summed E-state index contributed by atoms with van der Waals surface area (Å²) in [6.45, 7) is 8.82. The average Bonchev–Trinajstić information content (AvgIpc) is 2.22. The molecule has 0 unspecified atom stereocenters. The summed E-state index contributed by atoms with van der Waals surface area (Å²) in [6, 6.07) is 2.25. The van der Waals surface area contributed by atoms with Crippen molar-refractivity contribution >= 4 is 0 Å². The molecule has 0 aromatic carbocycles. The molecule has 0 aliphatic rings. The molecule has 1 rings (SSSR count). The molecular formula is C14H23N. The van der Waals surface area contributed by atoms with E-state index in [9.17, 15) is 0 Å². The van der Waals surface area contributed by atoms with Gasteiger partial charge in [-0.3, -0.25) is 4.98 Å². The number of rotatable bonds is 5. The summed E-state index contributed by atoms with van der Waals surface area (Å²) in [6.07, 6.45) is 5.86. The Balaban J connectivity index is 3.14. The monoisotopic (exact) mass is 205 g/mol. The normalized spacial score (nSPS) is 10.7. The van der Waals surface area contributed by atoms with Crippen molar-refractivity contribution in [1.82, 2.24) is 4.98 Å². The maximum Gasteiger partial charge on any atom is 0.0441 e. The Morgan fingerprint density at radius 3 is 2.27 bits per heavy atom. The molecule has 0 aliphatic carbocycles. The third-order valence-corrected chi connectivity index (χ3v) is 2.80. The molecule has 1 heteroatoms. The highest BCUT2D eigenvalue weighted by atomic mass is 14.7. The fourth-order valence-electron chi connectivity index (χ4n) is 2.15. The van der Waals surface area contributed by atoms with E-state index in [4.69, 9.17) is 4.98 Å². The number of hydrogen-bond acceptors (Lipinski definition) is 1. The molecule has 0 radical (unpaired) electrons. The van der Waals surface area contributed by atoms with E-state index in [1.54, 1.807) is 0 Å². The second-order valence-electron chi connectivity index (χ2n) is 4.20. The van der Waals surface area contributed by atoms with E-state index in [0.717, 1.165) is 12.8 Å². The predicted molar refractivity (Wildman–Crippen MR) is 66.3 cm³/mol. The topological polar surface area (TPSA) is 12.9 Å². The second kappa shape index (κ2) is 5.89. The van der Waals surface area contributed by atoms with Gasteiger partial charge in [0.2, 0.25) is 0 Å². The van der Waals surface area contributed by atoms with Gasteiger partial charge in [-0.2, -0.15) is 0 Å². The molecule has 0 atom stereocenters. The zero-order valence-electron chi connectivity index (χ0n) is 10.6. The van der Waals surface area contributed by atoms with Crippen LogP contribution in [0.2, 0.25) is 0 Å². The summed E-state index contributed by atoms with van der Waals surface area (Å²) in [7, 11) is 0. The van der Waals surface area contributed by atoms with E-state index < -0.39 is 0 Å². The Bertz CT molecular complexity index is 315. The first kappa shape index (κ1) is 12.2. The van der Waals surface area contributed by atoms with Gasteiger partial charge in [-0.1, -0.05) is 33.6 Å². The molecule has 0 spiro atoms. The Morgan fingerprint density at radius 1 is 1.07 bits per heavy atom. The Morgan fingerprint density at radius 2 is 1.73 bits per heavy atom. The van der Waals surface area contributed by atoms with Crippen LogP contribution in [-0.2, 0) is 19.3 Å². The average molecular weight is 205 g/mol. The van der Waals surface area contributed by atoms with Gasteiger partial charge in [0.15, 0.2) is 0 Å². The summed E-state index contributed by atoms with van der Waals surface area (Å²) in [4.78, 5) is 4.69. The quantitative estimate of drug-likeness (QED) is 0.711. The van der Waals surface area contributed by atoms with Crippen molar-refractivity contribution < 1.29 is 0 Å². The minimum atomic E-state index is 1.13. The molecule has 15 heavy (non-hydrogen) atoms. The van der Waals surface area contributed by atoms with Crippen molar-refractivity contribution in [2.45, 2.75) is 59.8 Å². The zero-order valence-corrected chi connectivity index (χ0v) is 10.6. The van der Waals surface area contributed by atoms with E-state index in [2.05, 4.69) is 33.8 Å². The number of pyridine rings is 1. The Hall–Kier alpha value is -0.850. The van der Waals surface area contributed by atoms with Crippen molar-refractivity contribution in [1.29, 1.82) is 0 Å². The van der Waals surface area contributed by atoms with Crippen LogP contribution in [0.5, 0.6) is 0 Å². The predicted octanol–water partition coefficient (Wildman–Crippen LogP) is 3.86. The lowest BCUT2D eigenvalue weighted by Crippen LogP contribution is -2.04. The van der Waals surface area contributed by atoms with Crippen molar-refractivity contribution in [3.8, 4) is 0 Å². The summed E-state index contributed by atoms with van der Waals surface area (Å²) in [5.41, 5.74) is 5.55. The molecule has 0 amide bonds. The van der Waals surface area contributed by atoms with Crippen LogP contribution in [0.4, 0.5) is 0 Å². The van der Waals surface area contributed by atoms with Gasteiger partial charge < -0.3 is 0 Å². The minimum Gasteiger partial charge on any atom is -0.258 e. The van der Waals surface area contributed by atoms with Crippen LogP contribution in [0.3, 0.4) is 0 Å². The van der Waals surface area contributed by atoms with Gasteiger partial charge in [0.05, 0.1) is 0 Å². The lowest BCUT2D eigenvalue weighted by molar-refractivity contribution is 0.806. The number of aromatic nitrogens is 1. The molecule has 0 saturated carbocycles. The first-order chi connectivity index (χ1) is 7.22. The smallest absolute Gasteiger partial charge is 0.0441 e. The summed E-state index contributed by atoms with van der Waals surface area (Å²) >= 11 is 0. The highest BCUT2D eigenvalue weighted by Crippen LogP contribution is 2.18. The van der Waals surface area contributed by atoms with Crippen LogP contribution in [0.25, 0.3) is 0 Å². The fourth-order valence-corrected chi connectivity index (χ4v) is 2.15. The van der Waals surface area contributed by atoms with Gasteiger partial charge in [0.1, 0.15) is 0 Å². The van der Waals surface area contributed by atoms with Crippen LogP contribution < -0.4 is 0 Å². The molecule has 0 saturated heterocycles. The van der Waals surface area contributed by atoms with E-state index >= 15 is 0 Å². The van der Waals surface area contributed by atoms with E-state index in [1.165, 1.54) is 41.8 Å². The highest BCUT2D eigenvalue weighted by Gasteiger charge is 2.08. The fraction of sp³-hybridized carbons (Fsp3) is 0.643. The van der Waals surface area contributed by atoms with Gasteiger partial charge in [-0.15, -0.1) is 0 Å². The largest absolute Gasteiger partial charge is 0.258 e. The third kappa shape index (κ3) is 3.05. The first-order valence-electron chi connectivity index (χ1n) is 6.21. The number of nitrogens with zero attached hydrogens (tertiary/aromatic N) is 1. The Kier molecular flexibility index (Phi) is 4.80. The maximum atomic E-state index is 4.69. The molecule has 0 aliphatic heterocycles. The van der Waals surface area contributed by atoms with Crippen molar-refractivity contribution in [3.63, 3.8) is 0 Å². The van der Waals surface area contributed by atoms with Crippen LogP contribution in [0.1, 0.15) is 56.1 Å². The molecule has 1 aromatic heterocycles. The van der Waals surface area contributed by atoms with Crippen LogP contribution in [0, 0.1) is 6.92 Å². The van der Waals surface area contributed by atoms with Gasteiger partial charge in [-0.05, 0) is 43.4 Å². The molecule has 0 N–H and O–H groups in total. The van der Waals surface area contributed by atoms with Gasteiger partial charge >= 0.3 is 0 Å². The van der Waals surface area contributed by atoms with Gasteiger partial charge in [0.25, 0.3) is 0 Å². The van der Waals surface area contributed by atoms with E-state index in [1.807, 2.05) is 0 Å². The molecule has 0 fully saturated rings. The van der Waals surface area contributed by atoms with Crippen molar-refractivity contribution in [2.75, 3.05) is 0 Å². The minimum absolute atomic E-state index is 1.13. The molecule has 1 aromatic rings. The van der Waals surface area contributed by atoms with Crippen LogP contribution >= 0.6 is 0 Å². The summed E-state index contributed by atoms with van der Waals surface area (Å²) in [5, 5.41) is 0. The van der Waals surface area contributed by atoms with Crippen LogP contribution in [-0.4, -0.2) is 4.98 Å². The number of aryl methyl sites for hydroxylation is 3. The molecule has 1 heterocycles. The second-order valence-corrected chi connectivity index (χ2v) is 4.20. The van der Waals surface area contributed by atoms with Gasteiger partial charge in [0, 0.05) is 11.4 Å². The van der Waals surface area contributed by atoms with Crippen LogP contribution in [0.15, 0.2) is 6.07 Å². The van der Waals surface area contributed by atoms with Gasteiger partial charge in [-0.25, -0.2) is 0 Å². The zero-order chi connectivity index (χ0) is 11.3. The van der Waals surface area contributed by atoms with E-state index in [0.29, 0.717) is 0 Å². The summed E-state index contributed by atoms with van der Waals surface area (Å²) < 4.78 is 0. The lowest BCUT2D eigenvalue weighted by atomic mass is 9.97. The molecular weight excluding hydrogens is 182 g/mol. The van der Waals surface area contributed by atoms with Crippen molar-refractivity contribution in [3.05, 3.63) is 28.6 Å². The van der Waals surface area contributed by atoms with E-state index in [-0.39, 0.29) is 0 Å². The maximum absolute atomic E-state index is 4.69. The molecule has 1 nitrogen and oxygen atoms in total. The lowest BCUT2D eigenvalue weighted by Gasteiger charge is -2.13. The molecule has 0 bridgehead atoms. The summed E-state index contributed by atoms with van der Waals surface area (Å²) in [5.74, 6) is 0. The first-order valence-corrected chi connectivity index (χ1v) is 6.21.